The maximum atomic E-state index is 10.5. The summed E-state index contributed by atoms with van der Waals surface area (Å²) in [6.07, 6.45) is 0.853. The van der Waals surface area contributed by atoms with Gasteiger partial charge < -0.3 is 28.8 Å². The summed E-state index contributed by atoms with van der Waals surface area (Å²) in [5.41, 5.74) is 18.7. The van der Waals surface area contributed by atoms with Gasteiger partial charge in [-0.1, -0.05) is 345 Å². The van der Waals surface area contributed by atoms with Gasteiger partial charge in [-0.05, 0) is 208 Å². The third-order valence-corrected chi connectivity index (χ3v) is 23.6. The number of halogens is 10. The molecule has 2 aliphatic rings. The van der Waals surface area contributed by atoms with Gasteiger partial charge in [0.05, 0.1) is 16.4 Å². The van der Waals surface area contributed by atoms with Gasteiger partial charge >= 0.3 is 64.0 Å². The van der Waals surface area contributed by atoms with Crippen molar-refractivity contribution in [2.45, 2.75) is 11.8 Å². The molecular weight excluding hydrogens is 2110 g/mol. The van der Waals surface area contributed by atoms with E-state index in [0.29, 0.717) is 24.7 Å². The minimum Gasteiger partial charge on any atom is 0 e. The molecule has 2 N–H and O–H groups in total. The van der Waals surface area contributed by atoms with Gasteiger partial charge in [0.15, 0.2) is 0 Å². The molecule has 19 aromatic carbocycles. The number of aromatic nitrogens is 1. The fourth-order valence-electron chi connectivity index (χ4n) is 16.4. The number of fused-ring (bicyclic) bond motifs is 16. The average Bonchev–Trinajstić information content (AvgIpc) is 1.53. The SMILES string of the molecule is Brc1ccc(-c2ccc(C3c4c(ccc5ccccc45)Oc4ccc5ccccc5c43)cc2)cc1.Brc1ccc(-c2ccc(C3c4c(ccc5ccccc45)Oc4ccc5ccccc5c43)cc2)cc1.ClCCl.O=Cc1ccc(-c2ccc(Br)cc2)cc1.O[B]Oc1ccc2c(c1)c1ccccc1n2-c1ccccc1.Oc1ccc2ccccc2c1.[2HH].[B][B].[Cl][Nb]([Cl])([Cl])([Cl])[Cl].[Y]. The van der Waals surface area contributed by atoms with Crippen LogP contribution in [0.5, 0.6) is 34.5 Å². The number of benzene rings is 19. The Kier molecular flexibility index (Phi) is 33.4. The summed E-state index contributed by atoms with van der Waals surface area (Å²) in [6.45, 7) is 0. The minimum atomic E-state index is -4.33. The Morgan fingerprint density at radius 2 is 0.662 bits per heavy atom. The minimum absolute atomic E-state index is 0. The molecular formula is C108H76B3Br3Cl7NNbO6Y. The van der Waals surface area contributed by atoms with Gasteiger partial charge in [0.2, 0.25) is 0 Å². The number of alkyl halides is 2. The number of para-hydroxylation sites is 2. The van der Waals surface area contributed by atoms with Gasteiger partial charge in [-0.3, -0.25) is 4.79 Å². The van der Waals surface area contributed by atoms with Gasteiger partial charge in [0.25, 0.3) is 0 Å². The third kappa shape index (κ3) is 23.6. The van der Waals surface area contributed by atoms with Crippen LogP contribution in [0.25, 0.3) is 115 Å². The van der Waals surface area contributed by atoms with Gasteiger partial charge in [-0.2, -0.15) is 0 Å². The number of phenolic OH excluding ortho intramolecular Hbond substituents is 1. The van der Waals surface area contributed by atoms with E-state index in [-0.39, 0.29) is 51.3 Å². The van der Waals surface area contributed by atoms with Crippen LogP contribution in [0.4, 0.5) is 0 Å². The maximum Gasteiger partial charge on any atom is 0 e. The molecule has 0 unspecified atom stereocenters. The van der Waals surface area contributed by atoms with E-state index in [2.05, 4.69) is 335 Å². The number of phenols is 1. The molecule has 0 atom stereocenters. The van der Waals surface area contributed by atoms with Crippen LogP contribution in [-0.2, 0) is 43.1 Å². The molecule has 6 radical (unpaired) electrons. The van der Waals surface area contributed by atoms with E-state index in [9.17, 15) is 4.79 Å². The summed E-state index contributed by atoms with van der Waals surface area (Å²) in [6, 6.07) is 140. The van der Waals surface area contributed by atoms with E-state index in [0.717, 1.165) is 92.1 Å². The normalized spacial score (nSPS) is 11.8. The second-order valence-corrected chi connectivity index (χ2v) is 66.7. The number of nitrogens with zero attached hydrogens (tertiary/aromatic N) is 1. The molecule has 22 heteroatoms. The monoisotopic (exact) mass is 2180 g/mol. The third-order valence-electron chi connectivity index (χ3n) is 22.0. The molecule has 130 heavy (non-hydrogen) atoms. The molecule has 0 saturated carbocycles. The number of rotatable bonds is 9. The van der Waals surface area contributed by atoms with E-state index < -0.39 is 10.4 Å². The van der Waals surface area contributed by atoms with Crippen LogP contribution >= 0.6 is 117 Å². The first kappa shape index (κ1) is 96.7. The zero-order chi connectivity index (χ0) is 90.2. The summed E-state index contributed by atoms with van der Waals surface area (Å²) in [7, 11) is 29.6. The van der Waals surface area contributed by atoms with Crippen molar-refractivity contribution in [3.8, 4) is 73.6 Å². The topological polar surface area (TPSA) is 90.2 Å². The molecule has 20 aromatic rings. The molecule has 7 nitrogen and oxygen atoms in total. The number of hydrogen-bond donors (Lipinski definition) is 2. The van der Waals surface area contributed by atoms with Crippen molar-refractivity contribution in [2.24, 2.45) is 0 Å². The van der Waals surface area contributed by atoms with Crippen LogP contribution in [0.3, 0.4) is 0 Å². The average molecular weight is 2190 g/mol. The zero-order valence-electron chi connectivity index (χ0n) is 69.1. The molecule has 3 heterocycles. The number of carbonyl (C=O) groups excluding carboxylic acids is 1. The summed E-state index contributed by atoms with van der Waals surface area (Å²) in [4.78, 5) is 10.5. The fraction of sp³-hybridized carbons (Fsp3) is 0.0278. The molecule has 636 valence electrons. The molecule has 0 fully saturated rings. The largest absolute Gasteiger partial charge is 0 e. The van der Waals surface area contributed by atoms with Gasteiger partial charge in [-0.25, -0.2) is 0 Å². The number of aromatic hydroxyl groups is 1. The Labute approximate surface area is 840 Å². The van der Waals surface area contributed by atoms with Crippen LogP contribution in [0.15, 0.2) is 420 Å². The van der Waals surface area contributed by atoms with Crippen molar-refractivity contribution >= 4 is 222 Å². The molecule has 0 amide bonds. The van der Waals surface area contributed by atoms with Crippen LogP contribution < -0.4 is 14.1 Å². The van der Waals surface area contributed by atoms with Crippen molar-refractivity contribution in [1.82, 2.24) is 4.57 Å². The molecule has 0 bridgehead atoms. The predicted octanol–water partition coefficient (Wildman–Crippen LogP) is 33.9. The number of aldehydes is 1. The number of hydrogen-bond acceptors (Lipinski definition) is 6. The van der Waals surface area contributed by atoms with E-state index in [4.69, 9.17) is 93.4 Å². The molecule has 0 saturated heterocycles. The van der Waals surface area contributed by atoms with Crippen LogP contribution in [0.2, 0.25) is 0 Å². The van der Waals surface area contributed by atoms with E-state index >= 15 is 0 Å². The van der Waals surface area contributed by atoms with Crippen LogP contribution in [0.1, 0.15) is 57.0 Å². The smallest absolute Gasteiger partial charge is 0 e. The molecule has 0 aliphatic carbocycles. The van der Waals surface area contributed by atoms with E-state index in [1.54, 1.807) is 12.1 Å². The van der Waals surface area contributed by atoms with Crippen molar-refractivity contribution in [3.63, 3.8) is 0 Å². The predicted molar refractivity (Wildman–Crippen MR) is 556 cm³/mol. The first-order chi connectivity index (χ1) is 62.7. The fourth-order valence-corrected chi connectivity index (χ4v) is 17.2. The summed E-state index contributed by atoms with van der Waals surface area (Å²) in [5.74, 6) is 4.84. The second kappa shape index (κ2) is 44.9. The maximum absolute atomic E-state index is 10.5. The second-order valence-electron chi connectivity index (χ2n) is 29.7. The molecule has 1 aromatic heterocycles. The van der Waals surface area contributed by atoms with Crippen molar-refractivity contribution in [2.75, 3.05) is 5.34 Å². The van der Waals surface area contributed by atoms with Crippen LogP contribution in [0, 0.1) is 0 Å². The Hall–Kier alpha value is -9.38. The Morgan fingerprint density at radius 3 is 1.02 bits per heavy atom. The van der Waals surface area contributed by atoms with Crippen molar-refractivity contribution < 1.29 is 73.6 Å². The van der Waals surface area contributed by atoms with Gasteiger partial charge in [0.1, 0.15) is 40.8 Å². The molecule has 22 rings (SSSR count). The van der Waals surface area contributed by atoms with Crippen LogP contribution in [-0.4, -0.2) is 49.5 Å². The van der Waals surface area contributed by atoms with E-state index in [1.807, 2.05) is 127 Å². The number of ether oxygens (including phenoxy) is 2. The quantitative estimate of drug-likeness (QED) is 0.0850. The molecule has 0 spiro atoms. The first-order valence-electron chi connectivity index (χ1n) is 40.6. The van der Waals surface area contributed by atoms with Crippen molar-refractivity contribution in [1.29, 1.82) is 0 Å². The first-order valence-corrected chi connectivity index (χ1v) is 58.2. The standard InChI is InChI=1S/2C33H21BrO.C18H13BNO2.C13H9BrO.C10H8O.CH2Cl2.B2.5ClH.Nb.Y.H2/c2*34-26-17-13-22(14-18-26)21-9-11-25(12-10-21)31-32-27-7-3-1-5-23(27)15-19-29(32)35-30-20-16-24-6-2-4-8-28(24)33(30)31;21-19-22-14-10-11-18-16(12-14)15-8-4-5-9-17(15)20(18)13-6-2-1-3-7-13;14-13-7-5-12(6-8-13)11-3-1-10(9-15)2-4-11;11-10-6-5-8-3-1-2-4-9(8)7-10;2-1-3;1-2;;;;;;;;/h2*1-20,31H;1-12,21H;1-9H;1-7,11H;1H2;;5*1H;;;1H/q;;;;;;;;;;;;+5;;/p-5/i;;;;;;;;;;;;;;1+1. The summed E-state index contributed by atoms with van der Waals surface area (Å²) >= 11 is 20.0. The van der Waals surface area contributed by atoms with Gasteiger partial charge in [0, 0.05) is 119 Å². The number of carbonyl (C=O) groups is 1. The Bertz CT molecular complexity index is 6900. The van der Waals surface area contributed by atoms with E-state index in [1.165, 1.54) is 98.7 Å². The summed E-state index contributed by atoms with van der Waals surface area (Å²) in [5, 5.41) is 32.5. The Morgan fingerprint density at radius 1 is 0.362 bits per heavy atom. The van der Waals surface area contributed by atoms with Gasteiger partial charge in [-0.15, -0.1) is 23.2 Å². The Balaban J connectivity index is 0.000000141. The summed E-state index contributed by atoms with van der Waals surface area (Å²) < 4.78 is 23.7. The van der Waals surface area contributed by atoms with Crippen molar-refractivity contribution in [3.05, 3.63) is 459 Å². The zero-order valence-corrected chi connectivity index (χ0v) is 84.2. The molecule has 2 aliphatic heterocycles.